The summed E-state index contributed by atoms with van der Waals surface area (Å²) in [5.74, 6) is 0.662. The molecule has 0 radical (unpaired) electrons. The number of ether oxygens (including phenoxy) is 6. The summed E-state index contributed by atoms with van der Waals surface area (Å²) in [5, 5.41) is 10.1. The van der Waals surface area contributed by atoms with Crippen molar-refractivity contribution in [2.75, 3.05) is 41.7 Å². The van der Waals surface area contributed by atoms with Crippen molar-refractivity contribution in [1.82, 2.24) is 0 Å². The molecule has 0 bridgehead atoms. The van der Waals surface area contributed by atoms with E-state index >= 15 is 0 Å². The Morgan fingerprint density at radius 1 is 0.931 bits per heavy atom. The maximum atomic E-state index is 12.5. The summed E-state index contributed by atoms with van der Waals surface area (Å²) < 4.78 is 31.0. The first-order chi connectivity index (χ1) is 14.1. The van der Waals surface area contributed by atoms with Gasteiger partial charge in [-0.05, 0) is 30.4 Å². The number of allylic oxidation sites excluding steroid dienone is 1. The van der Waals surface area contributed by atoms with Gasteiger partial charge in [-0.25, -0.2) is 0 Å². The van der Waals surface area contributed by atoms with Crippen molar-refractivity contribution in [3.8, 4) is 23.0 Å². The molecule has 0 saturated heterocycles. The maximum absolute atomic E-state index is 12.5. The molecule has 0 aliphatic rings. The molecule has 8 heteroatoms. The van der Waals surface area contributed by atoms with Crippen LogP contribution in [0, 0.1) is 0 Å². The lowest BCUT2D eigenvalue weighted by molar-refractivity contribution is 0.0321. The van der Waals surface area contributed by atoms with Crippen LogP contribution in [0.3, 0.4) is 0 Å². The number of phenolic OH excluding ortho intramolecular Hbond substituents is 1. The molecule has 2 aromatic carbocycles. The molecular weight excluding hydrogens is 380 g/mol. The molecule has 0 atom stereocenters. The zero-order valence-corrected chi connectivity index (χ0v) is 16.5. The van der Waals surface area contributed by atoms with E-state index < -0.39 is 0 Å². The van der Waals surface area contributed by atoms with Gasteiger partial charge in [-0.15, -0.1) is 0 Å². The minimum Gasteiger partial charge on any atom is -0.507 e. The van der Waals surface area contributed by atoms with Gasteiger partial charge in [0, 0.05) is 33.0 Å². The smallest absolute Gasteiger partial charge is 0.189 e. The Hall–Kier alpha value is -3.07. The summed E-state index contributed by atoms with van der Waals surface area (Å²) in [6, 6.07) is 9.64. The van der Waals surface area contributed by atoms with E-state index in [2.05, 4.69) is 0 Å². The first-order valence-corrected chi connectivity index (χ1v) is 8.64. The van der Waals surface area contributed by atoms with E-state index in [1.165, 1.54) is 39.5 Å². The van der Waals surface area contributed by atoms with Crippen molar-refractivity contribution in [2.45, 2.75) is 0 Å². The fraction of sp³-hybridized carbons (Fsp3) is 0.286. The number of methoxy groups -OCH3 is 3. The number of hydrogen-bond acceptors (Lipinski definition) is 8. The summed E-state index contributed by atoms with van der Waals surface area (Å²) >= 11 is 0. The molecule has 0 unspecified atom stereocenters. The number of hydrogen-bond donors (Lipinski definition) is 1. The Labute approximate surface area is 169 Å². The van der Waals surface area contributed by atoms with Crippen LogP contribution in [-0.2, 0) is 14.2 Å². The van der Waals surface area contributed by atoms with Crippen molar-refractivity contribution >= 4 is 11.9 Å². The van der Waals surface area contributed by atoms with Crippen LogP contribution in [0.2, 0.25) is 0 Å². The van der Waals surface area contributed by atoms with E-state index in [1.807, 2.05) is 0 Å². The lowest BCUT2D eigenvalue weighted by atomic mass is 10.1. The third-order valence-electron chi connectivity index (χ3n) is 3.66. The highest BCUT2D eigenvalue weighted by molar-refractivity contribution is 6.08. The quantitative estimate of drug-likeness (QED) is 0.327. The SMILES string of the molecule is COCOc1ccc(C(=O)/C=C/c2cccc(OCOC)c2OCOC)c(O)c1. The van der Waals surface area contributed by atoms with Gasteiger partial charge in [0.15, 0.2) is 37.7 Å². The van der Waals surface area contributed by atoms with Crippen molar-refractivity contribution in [3.05, 3.63) is 53.6 Å². The third-order valence-corrected chi connectivity index (χ3v) is 3.66. The molecule has 0 amide bonds. The maximum Gasteiger partial charge on any atom is 0.189 e. The van der Waals surface area contributed by atoms with Crippen LogP contribution in [0.25, 0.3) is 6.08 Å². The minimum absolute atomic E-state index is 0.00582. The van der Waals surface area contributed by atoms with E-state index in [0.29, 0.717) is 22.8 Å². The molecule has 0 fully saturated rings. The number of carbonyl (C=O) groups is 1. The van der Waals surface area contributed by atoms with Crippen LogP contribution in [0.5, 0.6) is 23.0 Å². The standard InChI is InChI=1S/C21H24O8/c1-24-12-27-16-8-9-17(19(23)11-16)18(22)10-7-15-5-4-6-20(28-13-25-2)21(15)29-14-26-3/h4-11,23H,12-14H2,1-3H3/b10-7+. The normalized spacial score (nSPS) is 10.9. The Morgan fingerprint density at radius 3 is 2.31 bits per heavy atom. The van der Waals surface area contributed by atoms with Crippen molar-refractivity contribution in [3.63, 3.8) is 0 Å². The summed E-state index contributed by atoms with van der Waals surface area (Å²) in [4.78, 5) is 12.5. The largest absolute Gasteiger partial charge is 0.507 e. The summed E-state index contributed by atoms with van der Waals surface area (Å²) in [6.45, 7) is 0.0883. The molecule has 0 aromatic heterocycles. The number of carbonyl (C=O) groups excluding carboxylic acids is 1. The van der Waals surface area contributed by atoms with Crippen LogP contribution in [-0.4, -0.2) is 52.6 Å². The van der Waals surface area contributed by atoms with Gasteiger partial charge in [-0.1, -0.05) is 12.1 Å². The van der Waals surface area contributed by atoms with Crippen LogP contribution in [0.4, 0.5) is 0 Å². The van der Waals surface area contributed by atoms with E-state index in [0.717, 1.165) is 0 Å². The van der Waals surface area contributed by atoms with Crippen LogP contribution in [0.15, 0.2) is 42.5 Å². The second-order valence-electron chi connectivity index (χ2n) is 5.70. The monoisotopic (exact) mass is 404 g/mol. The van der Waals surface area contributed by atoms with Crippen molar-refractivity contribution in [2.24, 2.45) is 0 Å². The van der Waals surface area contributed by atoms with Crippen molar-refractivity contribution in [1.29, 1.82) is 0 Å². The van der Waals surface area contributed by atoms with Gasteiger partial charge in [0.25, 0.3) is 0 Å². The zero-order chi connectivity index (χ0) is 21.1. The Balaban J connectivity index is 2.22. The predicted octanol–water partition coefficient (Wildman–Crippen LogP) is 3.24. The highest BCUT2D eigenvalue weighted by Crippen LogP contribution is 2.33. The van der Waals surface area contributed by atoms with Gasteiger partial charge >= 0.3 is 0 Å². The van der Waals surface area contributed by atoms with Gasteiger partial charge in [0.2, 0.25) is 0 Å². The number of benzene rings is 2. The van der Waals surface area contributed by atoms with E-state index in [-0.39, 0.29) is 37.5 Å². The summed E-state index contributed by atoms with van der Waals surface area (Å²) in [6.07, 6.45) is 2.90. The third kappa shape index (κ3) is 6.49. The molecule has 29 heavy (non-hydrogen) atoms. The van der Waals surface area contributed by atoms with Gasteiger partial charge in [-0.2, -0.15) is 0 Å². The molecule has 2 aromatic rings. The molecule has 0 aliphatic heterocycles. The van der Waals surface area contributed by atoms with Gasteiger partial charge in [0.1, 0.15) is 11.5 Å². The first-order valence-electron chi connectivity index (χ1n) is 8.64. The van der Waals surface area contributed by atoms with Crippen LogP contribution < -0.4 is 14.2 Å². The first kappa shape index (κ1) is 22.2. The van der Waals surface area contributed by atoms with Crippen LogP contribution >= 0.6 is 0 Å². The minimum atomic E-state index is -0.387. The lowest BCUT2D eigenvalue weighted by Crippen LogP contribution is -2.05. The van der Waals surface area contributed by atoms with Gasteiger partial charge < -0.3 is 33.5 Å². The zero-order valence-electron chi connectivity index (χ0n) is 16.5. The number of ketones is 1. The van der Waals surface area contributed by atoms with E-state index in [9.17, 15) is 9.90 Å². The fourth-order valence-electron chi connectivity index (χ4n) is 2.36. The average Bonchev–Trinajstić information content (AvgIpc) is 2.73. The molecule has 1 N–H and O–H groups in total. The Bertz CT molecular complexity index is 831. The van der Waals surface area contributed by atoms with Crippen molar-refractivity contribution < 1.29 is 38.3 Å². The molecule has 2 rings (SSSR count). The highest BCUT2D eigenvalue weighted by atomic mass is 16.7. The fourth-order valence-corrected chi connectivity index (χ4v) is 2.36. The van der Waals surface area contributed by atoms with Gasteiger partial charge in [0.05, 0.1) is 5.56 Å². The second kappa shape index (κ2) is 11.7. The lowest BCUT2D eigenvalue weighted by Gasteiger charge is -2.14. The van der Waals surface area contributed by atoms with Gasteiger partial charge in [-0.3, -0.25) is 4.79 Å². The predicted molar refractivity (Wildman–Crippen MR) is 105 cm³/mol. The molecule has 0 heterocycles. The molecule has 156 valence electrons. The number of phenols is 1. The number of aromatic hydroxyl groups is 1. The second-order valence-corrected chi connectivity index (χ2v) is 5.70. The Morgan fingerprint density at radius 2 is 1.62 bits per heavy atom. The Kier molecular flexibility index (Phi) is 8.97. The number of para-hydroxylation sites is 1. The number of rotatable bonds is 12. The molecule has 8 nitrogen and oxygen atoms in total. The average molecular weight is 404 g/mol. The molecule has 0 saturated carbocycles. The summed E-state index contributed by atoms with van der Waals surface area (Å²) in [5.41, 5.74) is 0.737. The van der Waals surface area contributed by atoms with Crippen LogP contribution in [0.1, 0.15) is 15.9 Å². The molecular formula is C21H24O8. The van der Waals surface area contributed by atoms with E-state index in [1.54, 1.807) is 30.3 Å². The topological polar surface area (TPSA) is 92.7 Å². The molecule has 0 aliphatic carbocycles. The summed E-state index contributed by atoms with van der Waals surface area (Å²) in [7, 11) is 4.50. The highest BCUT2D eigenvalue weighted by Gasteiger charge is 2.12. The van der Waals surface area contributed by atoms with E-state index in [4.69, 9.17) is 28.4 Å². The molecule has 0 spiro atoms.